The molecule has 1 N–H and O–H groups in total. The largest absolute Gasteiger partial charge is 0.486 e. The van der Waals surface area contributed by atoms with Crippen LogP contribution in [-0.4, -0.2) is 11.1 Å². The van der Waals surface area contributed by atoms with Gasteiger partial charge in [0.05, 0.1) is 12.3 Å². The maximum Gasteiger partial charge on any atom is 0.304 e. The molecule has 3 nitrogen and oxygen atoms in total. The SMILES string of the molecule is CC#C[C@@H](CC(=O)O)c1ccc(OC2CCc3c(Br)cccc32)cc1. The van der Waals surface area contributed by atoms with Gasteiger partial charge in [-0.05, 0) is 54.7 Å². The summed E-state index contributed by atoms with van der Waals surface area (Å²) in [5.74, 6) is 5.43. The smallest absolute Gasteiger partial charge is 0.304 e. The Morgan fingerprint density at radius 3 is 2.76 bits per heavy atom. The molecule has 0 aliphatic heterocycles. The number of ether oxygens (including phenoxy) is 1. The standard InChI is InChI=1S/C21H19BrO3/c1-2-4-15(13-21(23)24)14-7-9-16(10-8-14)25-20-12-11-17-18(20)5-3-6-19(17)22/h3,5-10,15,20H,11-13H2,1H3,(H,23,24)/t15-,20?/m0/s1. The minimum atomic E-state index is -0.846. The number of carbonyl (C=O) groups is 1. The first-order valence-corrected chi connectivity index (χ1v) is 9.05. The van der Waals surface area contributed by atoms with Crippen LogP contribution in [0.2, 0.25) is 0 Å². The summed E-state index contributed by atoms with van der Waals surface area (Å²) in [6.45, 7) is 1.72. The van der Waals surface area contributed by atoms with Gasteiger partial charge in [0, 0.05) is 4.47 Å². The predicted molar refractivity (Wildman–Crippen MR) is 101 cm³/mol. The summed E-state index contributed by atoms with van der Waals surface area (Å²) in [5.41, 5.74) is 3.46. The van der Waals surface area contributed by atoms with Crippen molar-refractivity contribution in [3.05, 3.63) is 63.6 Å². The predicted octanol–water partition coefficient (Wildman–Crippen LogP) is 5.10. The Bertz CT molecular complexity index is 830. The Balaban J connectivity index is 1.74. The van der Waals surface area contributed by atoms with E-state index in [0.29, 0.717) is 0 Å². The first-order chi connectivity index (χ1) is 12.1. The van der Waals surface area contributed by atoms with Crippen LogP contribution in [0.1, 0.15) is 48.5 Å². The van der Waals surface area contributed by atoms with Crippen molar-refractivity contribution in [3.8, 4) is 17.6 Å². The topological polar surface area (TPSA) is 46.5 Å². The van der Waals surface area contributed by atoms with Gasteiger partial charge in [-0.25, -0.2) is 0 Å². The number of aliphatic carboxylic acids is 1. The molecule has 0 radical (unpaired) electrons. The summed E-state index contributed by atoms with van der Waals surface area (Å²) in [7, 11) is 0. The fourth-order valence-corrected chi connectivity index (χ4v) is 3.82. The molecule has 0 saturated heterocycles. The van der Waals surface area contributed by atoms with E-state index < -0.39 is 5.97 Å². The third-order valence-electron chi connectivity index (χ3n) is 4.42. The lowest BCUT2D eigenvalue weighted by molar-refractivity contribution is -0.137. The average molecular weight is 399 g/mol. The molecule has 0 amide bonds. The number of hydrogen-bond donors (Lipinski definition) is 1. The van der Waals surface area contributed by atoms with Gasteiger partial charge in [0.2, 0.25) is 0 Å². The van der Waals surface area contributed by atoms with Gasteiger partial charge in [-0.3, -0.25) is 4.79 Å². The highest BCUT2D eigenvalue weighted by Gasteiger charge is 2.25. The molecule has 3 rings (SSSR count). The van der Waals surface area contributed by atoms with Crippen molar-refractivity contribution in [2.75, 3.05) is 0 Å². The van der Waals surface area contributed by atoms with Crippen LogP contribution in [0.3, 0.4) is 0 Å². The monoisotopic (exact) mass is 398 g/mol. The van der Waals surface area contributed by atoms with Gasteiger partial charge >= 0.3 is 5.97 Å². The zero-order valence-electron chi connectivity index (χ0n) is 14.0. The van der Waals surface area contributed by atoms with Crippen molar-refractivity contribution in [1.82, 2.24) is 0 Å². The number of benzene rings is 2. The van der Waals surface area contributed by atoms with E-state index in [1.807, 2.05) is 30.3 Å². The second-order valence-corrected chi connectivity index (χ2v) is 6.92. The van der Waals surface area contributed by atoms with Gasteiger partial charge in [0.1, 0.15) is 11.9 Å². The number of hydrogen-bond acceptors (Lipinski definition) is 2. The molecule has 128 valence electrons. The molecular weight excluding hydrogens is 380 g/mol. The highest BCUT2D eigenvalue weighted by Crippen LogP contribution is 2.38. The quantitative estimate of drug-likeness (QED) is 0.712. The number of rotatable bonds is 5. The van der Waals surface area contributed by atoms with Crippen LogP contribution in [0.15, 0.2) is 46.9 Å². The molecule has 0 saturated carbocycles. The zero-order valence-corrected chi connectivity index (χ0v) is 15.5. The lowest BCUT2D eigenvalue weighted by Gasteiger charge is -2.16. The van der Waals surface area contributed by atoms with Crippen LogP contribution >= 0.6 is 15.9 Å². The third-order valence-corrected chi connectivity index (χ3v) is 5.16. The summed E-state index contributed by atoms with van der Waals surface area (Å²) >= 11 is 3.60. The van der Waals surface area contributed by atoms with Crippen molar-refractivity contribution in [2.24, 2.45) is 0 Å². The van der Waals surface area contributed by atoms with Gasteiger partial charge in [0.25, 0.3) is 0 Å². The summed E-state index contributed by atoms with van der Waals surface area (Å²) in [5, 5.41) is 9.04. The highest BCUT2D eigenvalue weighted by atomic mass is 79.9. The molecule has 25 heavy (non-hydrogen) atoms. The Hall–Kier alpha value is -2.25. The Morgan fingerprint density at radius 1 is 1.32 bits per heavy atom. The van der Waals surface area contributed by atoms with E-state index in [0.717, 1.165) is 28.6 Å². The summed E-state index contributed by atoms with van der Waals surface area (Å²) in [6, 6.07) is 13.8. The van der Waals surface area contributed by atoms with Crippen molar-refractivity contribution < 1.29 is 14.6 Å². The minimum Gasteiger partial charge on any atom is -0.486 e. The van der Waals surface area contributed by atoms with E-state index in [9.17, 15) is 4.79 Å². The third kappa shape index (κ3) is 4.05. The maximum atomic E-state index is 11.0. The lowest BCUT2D eigenvalue weighted by Crippen LogP contribution is -2.06. The molecule has 0 aromatic heterocycles. The number of fused-ring (bicyclic) bond motifs is 1. The molecule has 1 aliphatic rings. The van der Waals surface area contributed by atoms with E-state index >= 15 is 0 Å². The van der Waals surface area contributed by atoms with Crippen molar-refractivity contribution in [1.29, 1.82) is 0 Å². The van der Waals surface area contributed by atoms with Crippen LogP contribution < -0.4 is 4.74 Å². The van der Waals surface area contributed by atoms with Crippen LogP contribution in [0, 0.1) is 11.8 Å². The van der Waals surface area contributed by atoms with Crippen LogP contribution in [0.4, 0.5) is 0 Å². The Morgan fingerprint density at radius 2 is 2.08 bits per heavy atom. The normalized spacial score (nSPS) is 16.5. The molecule has 2 aromatic carbocycles. The Kier molecular flexibility index (Phi) is 5.45. The fraction of sp³-hybridized carbons (Fsp3) is 0.286. The van der Waals surface area contributed by atoms with Gasteiger partial charge in [0.15, 0.2) is 0 Å². The van der Waals surface area contributed by atoms with Crippen molar-refractivity contribution >= 4 is 21.9 Å². The first-order valence-electron chi connectivity index (χ1n) is 8.26. The van der Waals surface area contributed by atoms with E-state index in [1.54, 1.807) is 6.92 Å². The molecular formula is C21H19BrO3. The molecule has 4 heteroatoms. The van der Waals surface area contributed by atoms with E-state index in [2.05, 4.69) is 39.9 Å². The second kappa shape index (κ2) is 7.76. The molecule has 0 spiro atoms. The van der Waals surface area contributed by atoms with E-state index in [1.165, 1.54) is 11.1 Å². The zero-order chi connectivity index (χ0) is 17.8. The summed E-state index contributed by atoms with van der Waals surface area (Å²) in [4.78, 5) is 11.0. The van der Waals surface area contributed by atoms with E-state index in [4.69, 9.17) is 9.84 Å². The van der Waals surface area contributed by atoms with Crippen LogP contribution in [-0.2, 0) is 11.2 Å². The summed E-state index contributed by atoms with van der Waals surface area (Å²) in [6.07, 6.45) is 2.03. The molecule has 0 heterocycles. The van der Waals surface area contributed by atoms with Gasteiger partial charge in [-0.2, -0.15) is 0 Å². The molecule has 0 bridgehead atoms. The van der Waals surface area contributed by atoms with Crippen molar-refractivity contribution in [2.45, 2.75) is 38.2 Å². The van der Waals surface area contributed by atoms with Gasteiger partial charge < -0.3 is 9.84 Å². The maximum absolute atomic E-state index is 11.0. The average Bonchev–Trinajstić information content (AvgIpc) is 2.99. The second-order valence-electron chi connectivity index (χ2n) is 6.07. The van der Waals surface area contributed by atoms with Crippen LogP contribution in [0.25, 0.3) is 0 Å². The summed E-state index contributed by atoms with van der Waals surface area (Å²) < 4.78 is 7.30. The van der Waals surface area contributed by atoms with Crippen LogP contribution in [0.5, 0.6) is 5.75 Å². The lowest BCUT2D eigenvalue weighted by atomic mass is 9.96. The Labute approximate surface area is 156 Å². The van der Waals surface area contributed by atoms with Gasteiger partial charge in [-0.15, -0.1) is 5.92 Å². The van der Waals surface area contributed by atoms with E-state index in [-0.39, 0.29) is 18.4 Å². The van der Waals surface area contributed by atoms with Gasteiger partial charge in [-0.1, -0.05) is 46.1 Å². The molecule has 2 aromatic rings. The highest BCUT2D eigenvalue weighted by molar-refractivity contribution is 9.10. The first kappa shape index (κ1) is 17.6. The molecule has 1 unspecified atom stereocenters. The fourth-order valence-electron chi connectivity index (χ4n) is 3.24. The van der Waals surface area contributed by atoms with Crippen molar-refractivity contribution in [3.63, 3.8) is 0 Å². The number of halogens is 1. The minimum absolute atomic E-state index is 0.00503. The number of carboxylic acids is 1. The molecule has 0 fully saturated rings. The number of carboxylic acid groups (broad SMARTS) is 1. The molecule has 2 atom stereocenters. The molecule has 1 aliphatic carbocycles.